The van der Waals surface area contributed by atoms with Crippen molar-refractivity contribution in [3.63, 3.8) is 0 Å². The summed E-state index contributed by atoms with van der Waals surface area (Å²) in [6, 6.07) is 13.7. The highest BCUT2D eigenvalue weighted by atomic mass is 16.2. The fourth-order valence-corrected chi connectivity index (χ4v) is 3.41. The van der Waals surface area contributed by atoms with Gasteiger partial charge in [-0.1, -0.05) is 42.0 Å². The molecule has 1 aliphatic rings. The highest BCUT2D eigenvalue weighted by molar-refractivity contribution is 5.96. The van der Waals surface area contributed by atoms with Crippen LogP contribution in [-0.4, -0.2) is 35.7 Å². The van der Waals surface area contributed by atoms with Crippen molar-refractivity contribution in [2.45, 2.75) is 33.7 Å². The number of carbonyl (C=O) groups excluding carboxylic acids is 3. The Morgan fingerprint density at radius 3 is 2.52 bits per heavy atom. The molecule has 2 aromatic carbocycles. The smallest absolute Gasteiger partial charge is 0.243 e. The Hall–Kier alpha value is -3.15. The number of benzene rings is 2. The summed E-state index contributed by atoms with van der Waals surface area (Å²) >= 11 is 0. The van der Waals surface area contributed by atoms with Crippen LogP contribution in [0.15, 0.2) is 42.5 Å². The molecule has 1 aliphatic heterocycles. The number of aryl methyl sites for hydroxylation is 2. The summed E-state index contributed by atoms with van der Waals surface area (Å²) in [6.45, 7) is 6.69. The van der Waals surface area contributed by atoms with E-state index in [1.165, 1.54) is 0 Å². The Labute approximate surface area is 171 Å². The molecule has 1 heterocycles. The van der Waals surface area contributed by atoms with Crippen LogP contribution in [0.25, 0.3) is 0 Å². The largest absolute Gasteiger partial charge is 0.347 e. The topological polar surface area (TPSA) is 78.5 Å². The standard InChI is InChI=1S/C23H27N3O3/c1-15-7-9-18(10-8-15)13-26-14-19(11-22(26)28)23(29)24-12-21(27)25-20-6-4-5-16(2)17(20)3/h4-10,19H,11-14H2,1-3H3,(H,24,29)(H,25,27)/t19-/m1/s1. The third-order valence-corrected chi connectivity index (χ3v) is 5.38. The fourth-order valence-electron chi connectivity index (χ4n) is 3.41. The molecule has 3 rings (SSSR count). The summed E-state index contributed by atoms with van der Waals surface area (Å²) in [7, 11) is 0. The molecule has 29 heavy (non-hydrogen) atoms. The molecule has 0 unspecified atom stereocenters. The highest BCUT2D eigenvalue weighted by Gasteiger charge is 2.34. The number of carbonyl (C=O) groups is 3. The third-order valence-electron chi connectivity index (χ3n) is 5.38. The molecular weight excluding hydrogens is 366 g/mol. The quantitative estimate of drug-likeness (QED) is 0.792. The molecule has 1 atom stereocenters. The third kappa shape index (κ3) is 5.22. The number of hydrogen-bond donors (Lipinski definition) is 2. The van der Waals surface area contributed by atoms with Crippen LogP contribution >= 0.6 is 0 Å². The molecule has 152 valence electrons. The van der Waals surface area contributed by atoms with Crippen molar-refractivity contribution in [2.75, 3.05) is 18.4 Å². The summed E-state index contributed by atoms with van der Waals surface area (Å²) in [6.07, 6.45) is 0.177. The minimum Gasteiger partial charge on any atom is -0.347 e. The maximum Gasteiger partial charge on any atom is 0.243 e. The second-order valence-electron chi connectivity index (χ2n) is 7.67. The Balaban J connectivity index is 1.49. The van der Waals surface area contributed by atoms with Crippen LogP contribution < -0.4 is 10.6 Å². The first-order valence-electron chi connectivity index (χ1n) is 9.80. The number of anilines is 1. The lowest BCUT2D eigenvalue weighted by Gasteiger charge is -2.17. The molecule has 2 aromatic rings. The number of amides is 3. The zero-order chi connectivity index (χ0) is 21.0. The molecule has 3 amide bonds. The van der Waals surface area contributed by atoms with E-state index in [0.29, 0.717) is 13.1 Å². The molecule has 1 saturated heterocycles. The van der Waals surface area contributed by atoms with E-state index in [1.54, 1.807) is 4.90 Å². The first kappa shape index (κ1) is 20.6. The van der Waals surface area contributed by atoms with Crippen molar-refractivity contribution >= 4 is 23.4 Å². The van der Waals surface area contributed by atoms with Crippen molar-refractivity contribution in [1.82, 2.24) is 10.2 Å². The Bertz CT molecular complexity index is 921. The minimum atomic E-state index is -0.429. The van der Waals surface area contributed by atoms with Crippen LogP contribution in [0.5, 0.6) is 0 Å². The molecule has 0 aromatic heterocycles. The summed E-state index contributed by atoms with van der Waals surface area (Å²) in [4.78, 5) is 38.6. The number of nitrogens with zero attached hydrogens (tertiary/aromatic N) is 1. The average Bonchev–Trinajstić information content (AvgIpc) is 3.06. The summed E-state index contributed by atoms with van der Waals surface area (Å²) < 4.78 is 0. The normalized spacial score (nSPS) is 16.0. The molecule has 6 nitrogen and oxygen atoms in total. The lowest BCUT2D eigenvalue weighted by atomic mass is 10.1. The molecule has 0 spiro atoms. The van der Waals surface area contributed by atoms with Crippen molar-refractivity contribution in [1.29, 1.82) is 0 Å². The van der Waals surface area contributed by atoms with E-state index < -0.39 is 5.92 Å². The number of nitrogens with one attached hydrogen (secondary N) is 2. The zero-order valence-electron chi connectivity index (χ0n) is 17.1. The first-order chi connectivity index (χ1) is 13.8. The van der Waals surface area contributed by atoms with Crippen LogP contribution in [0.2, 0.25) is 0 Å². The predicted octanol–water partition coefficient (Wildman–Crippen LogP) is 2.72. The molecule has 2 N–H and O–H groups in total. The molecule has 1 fully saturated rings. The summed E-state index contributed by atoms with van der Waals surface area (Å²) in [5.41, 5.74) is 5.03. The second kappa shape index (κ2) is 8.90. The van der Waals surface area contributed by atoms with Gasteiger partial charge in [-0.05, 0) is 43.5 Å². The maximum absolute atomic E-state index is 12.4. The van der Waals surface area contributed by atoms with Gasteiger partial charge in [-0.15, -0.1) is 0 Å². The molecule has 0 radical (unpaired) electrons. The average molecular weight is 393 g/mol. The molecular formula is C23H27N3O3. The zero-order valence-corrected chi connectivity index (χ0v) is 17.1. The number of likely N-dealkylation sites (tertiary alicyclic amines) is 1. The van der Waals surface area contributed by atoms with Crippen LogP contribution in [0.1, 0.15) is 28.7 Å². The lowest BCUT2D eigenvalue weighted by Crippen LogP contribution is -2.37. The Morgan fingerprint density at radius 1 is 1.07 bits per heavy atom. The van der Waals surface area contributed by atoms with Crippen molar-refractivity contribution in [3.8, 4) is 0 Å². The number of hydrogen-bond acceptors (Lipinski definition) is 3. The van der Waals surface area contributed by atoms with Gasteiger partial charge in [0, 0.05) is 25.2 Å². The monoisotopic (exact) mass is 393 g/mol. The first-order valence-corrected chi connectivity index (χ1v) is 9.80. The lowest BCUT2D eigenvalue weighted by molar-refractivity contribution is -0.129. The van der Waals surface area contributed by atoms with E-state index >= 15 is 0 Å². The summed E-state index contributed by atoms with van der Waals surface area (Å²) in [5, 5.41) is 5.48. The van der Waals surface area contributed by atoms with Crippen LogP contribution in [0.4, 0.5) is 5.69 Å². The van der Waals surface area contributed by atoms with E-state index in [9.17, 15) is 14.4 Å². The Kier molecular flexibility index (Phi) is 6.32. The SMILES string of the molecule is Cc1ccc(CN2C[C@H](C(=O)NCC(=O)Nc3cccc(C)c3C)CC2=O)cc1. The Morgan fingerprint density at radius 2 is 1.79 bits per heavy atom. The van der Waals surface area contributed by atoms with Gasteiger partial charge in [-0.2, -0.15) is 0 Å². The molecule has 0 aliphatic carbocycles. The predicted molar refractivity (Wildman–Crippen MR) is 112 cm³/mol. The second-order valence-corrected chi connectivity index (χ2v) is 7.67. The minimum absolute atomic E-state index is 0.0365. The number of rotatable bonds is 6. The highest BCUT2D eigenvalue weighted by Crippen LogP contribution is 2.21. The van der Waals surface area contributed by atoms with Gasteiger partial charge in [0.05, 0.1) is 12.5 Å². The maximum atomic E-state index is 12.4. The summed E-state index contributed by atoms with van der Waals surface area (Å²) in [5.74, 6) is -1.01. The van der Waals surface area contributed by atoms with Crippen molar-refractivity contribution in [3.05, 3.63) is 64.7 Å². The van der Waals surface area contributed by atoms with Gasteiger partial charge < -0.3 is 15.5 Å². The van der Waals surface area contributed by atoms with E-state index in [0.717, 1.165) is 27.9 Å². The van der Waals surface area contributed by atoms with E-state index in [2.05, 4.69) is 10.6 Å². The van der Waals surface area contributed by atoms with E-state index in [4.69, 9.17) is 0 Å². The van der Waals surface area contributed by atoms with Crippen molar-refractivity contribution < 1.29 is 14.4 Å². The van der Waals surface area contributed by atoms with E-state index in [1.807, 2.05) is 63.2 Å². The van der Waals surface area contributed by atoms with Gasteiger partial charge in [0.15, 0.2) is 0 Å². The van der Waals surface area contributed by atoms with Crippen LogP contribution in [0, 0.1) is 26.7 Å². The van der Waals surface area contributed by atoms with Crippen LogP contribution in [0.3, 0.4) is 0 Å². The van der Waals surface area contributed by atoms with Gasteiger partial charge in [-0.25, -0.2) is 0 Å². The van der Waals surface area contributed by atoms with Gasteiger partial charge in [0.1, 0.15) is 0 Å². The van der Waals surface area contributed by atoms with Crippen LogP contribution in [-0.2, 0) is 20.9 Å². The molecule has 0 saturated carbocycles. The van der Waals surface area contributed by atoms with Gasteiger partial charge in [0.2, 0.25) is 17.7 Å². The van der Waals surface area contributed by atoms with Gasteiger partial charge in [0.25, 0.3) is 0 Å². The van der Waals surface area contributed by atoms with Gasteiger partial charge in [-0.3, -0.25) is 14.4 Å². The fraction of sp³-hybridized carbons (Fsp3) is 0.348. The van der Waals surface area contributed by atoms with Gasteiger partial charge >= 0.3 is 0 Å². The van der Waals surface area contributed by atoms with E-state index in [-0.39, 0.29) is 30.7 Å². The van der Waals surface area contributed by atoms with Crippen molar-refractivity contribution in [2.24, 2.45) is 5.92 Å². The molecule has 6 heteroatoms. The molecule has 0 bridgehead atoms.